The van der Waals surface area contributed by atoms with Crippen molar-refractivity contribution in [2.24, 2.45) is 5.73 Å². The minimum absolute atomic E-state index is 0.254. The lowest BCUT2D eigenvalue weighted by Crippen LogP contribution is -2.40. The largest absolute Gasteiger partial charge is 0.398 e. The van der Waals surface area contributed by atoms with Crippen molar-refractivity contribution in [2.75, 3.05) is 25.5 Å². The van der Waals surface area contributed by atoms with E-state index in [1.807, 2.05) is 24.3 Å². The third-order valence-corrected chi connectivity index (χ3v) is 3.38. The number of benzene rings is 1. The topological polar surface area (TPSA) is 70.5 Å². The Morgan fingerprint density at radius 3 is 2.53 bits per heavy atom. The molecule has 0 amide bonds. The third kappa shape index (κ3) is 2.29. The highest BCUT2D eigenvalue weighted by atomic mass is 16.7. The summed E-state index contributed by atoms with van der Waals surface area (Å²) < 4.78 is 11.3. The van der Waals surface area contributed by atoms with Crippen LogP contribution in [-0.4, -0.2) is 26.0 Å². The van der Waals surface area contributed by atoms with Gasteiger partial charge in [-0.25, -0.2) is 0 Å². The average Bonchev–Trinajstić information content (AvgIpc) is 2.83. The van der Waals surface area contributed by atoms with Gasteiger partial charge in [-0.3, -0.25) is 0 Å². The van der Waals surface area contributed by atoms with Crippen LogP contribution in [0.3, 0.4) is 0 Å². The van der Waals surface area contributed by atoms with Gasteiger partial charge in [-0.2, -0.15) is 0 Å². The Hall–Kier alpha value is -1.10. The number of nitrogens with two attached hydrogens (primary N) is 2. The van der Waals surface area contributed by atoms with Gasteiger partial charge in [-0.1, -0.05) is 25.1 Å². The van der Waals surface area contributed by atoms with E-state index in [4.69, 9.17) is 20.9 Å². The van der Waals surface area contributed by atoms with Crippen molar-refractivity contribution in [3.63, 3.8) is 0 Å². The van der Waals surface area contributed by atoms with Gasteiger partial charge in [-0.05, 0) is 24.6 Å². The van der Waals surface area contributed by atoms with E-state index >= 15 is 0 Å². The van der Waals surface area contributed by atoms with Crippen LogP contribution in [0, 0.1) is 0 Å². The first-order valence-electron chi connectivity index (χ1n) is 5.97. The average molecular weight is 236 g/mol. The Kier molecular flexibility index (Phi) is 3.66. The molecule has 1 unspecified atom stereocenters. The summed E-state index contributed by atoms with van der Waals surface area (Å²) in [6.45, 7) is 3.95. The smallest absolute Gasteiger partial charge is 0.167 e. The fraction of sp³-hybridized carbons (Fsp3) is 0.538. The lowest BCUT2D eigenvalue weighted by Gasteiger charge is -2.35. The zero-order chi connectivity index (χ0) is 12.3. The first-order valence-corrected chi connectivity index (χ1v) is 5.97. The number of hydrogen-bond donors (Lipinski definition) is 2. The molecule has 0 bridgehead atoms. The molecule has 4 N–H and O–H groups in total. The van der Waals surface area contributed by atoms with Gasteiger partial charge < -0.3 is 20.9 Å². The maximum Gasteiger partial charge on any atom is 0.167 e. The van der Waals surface area contributed by atoms with Crippen molar-refractivity contribution in [1.29, 1.82) is 0 Å². The van der Waals surface area contributed by atoms with Gasteiger partial charge in [0.1, 0.15) is 0 Å². The highest BCUT2D eigenvalue weighted by molar-refractivity contribution is 5.51. The monoisotopic (exact) mass is 236 g/mol. The SMILES string of the molecule is CC(CCN)(c1ccccc1N)C1OCCO1. The zero-order valence-corrected chi connectivity index (χ0v) is 10.2. The van der Waals surface area contributed by atoms with Crippen LogP contribution in [0.1, 0.15) is 18.9 Å². The van der Waals surface area contributed by atoms with Crippen molar-refractivity contribution in [2.45, 2.75) is 25.0 Å². The Morgan fingerprint density at radius 1 is 1.29 bits per heavy atom. The lowest BCUT2D eigenvalue weighted by molar-refractivity contribution is -0.0956. The van der Waals surface area contributed by atoms with Gasteiger partial charge in [0.25, 0.3) is 0 Å². The number of para-hydroxylation sites is 1. The maximum absolute atomic E-state index is 6.05. The Morgan fingerprint density at radius 2 is 1.94 bits per heavy atom. The minimum atomic E-state index is -0.281. The maximum atomic E-state index is 6.05. The minimum Gasteiger partial charge on any atom is -0.398 e. The van der Waals surface area contributed by atoms with Crippen LogP contribution in [0.4, 0.5) is 5.69 Å². The number of ether oxygens (including phenoxy) is 2. The summed E-state index contributed by atoms with van der Waals surface area (Å²) in [7, 11) is 0. The predicted molar refractivity (Wildman–Crippen MR) is 67.6 cm³/mol. The molecule has 0 saturated carbocycles. The van der Waals surface area contributed by atoms with Crippen LogP contribution in [0.15, 0.2) is 24.3 Å². The number of hydrogen-bond acceptors (Lipinski definition) is 4. The molecule has 0 radical (unpaired) electrons. The Bertz CT molecular complexity index is 377. The van der Waals surface area contributed by atoms with Crippen molar-refractivity contribution in [3.8, 4) is 0 Å². The van der Waals surface area contributed by atoms with Crippen LogP contribution in [0.2, 0.25) is 0 Å². The summed E-state index contributed by atoms with van der Waals surface area (Å²) in [6.07, 6.45) is 0.530. The molecule has 4 nitrogen and oxygen atoms in total. The highest BCUT2D eigenvalue weighted by Gasteiger charge is 2.40. The predicted octanol–water partition coefficient (Wildman–Crippen LogP) is 1.25. The summed E-state index contributed by atoms with van der Waals surface area (Å²) in [5.41, 5.74) is 13.3. The molecule has 1 aromatic carbocycles. The molecule has 4 heteroatoms. The standard InChI is InChI=1S/C13H20N2O2/c1-13(6-7-14,12-16-8-9-17-12)10-4-2-3-5-11(10)15/h2-5,12H,6-9,14-15H2,1H3. The van der Waals surface area contributed by atoms with Crippen molar-refractivity contribution < 1.29 is 9.47 Å². The van der Waals surface area contributed by atoms with Crippen molar-refractivity contribution >= 4 is 5.69 Å². The van der Waals surface area contributed by atoms with E-state index in [0.717, 1.165) is 17.7 Å². The van der Waals surface area contributed by atoms with Crippen LogP contribution in [-0.2, 0) is 14.9 Å². The van der Waals surface area contributed by atoms with Crippen molar-refractivity contribution in [1.82, 2.24) is 0 Å². The van der Waals surface area contributed by atoms with E-state index in [0.29, 0.717) is 19.8 Å². The quantitative estimate of drug-likeness (QED) is 0.772. The van der Waals surface area contributed by atoms with E-state index in [1.54, 1.807) is 0 Å². The molecule has 1 saturated heterocycles. The van der Waals surface area contributed by atoms with Crippen LogP contribution >= 0.6 is 0 Å². The van der Waals surface area contributed by atoms with Gasteiger partial charge in [0.2, 0.25) is 0 Å². The molecule has 17 heavy (non-hydrogen) atoms. The van der Waals surface area contributed by atoms with Crippen LogP contribution < -0.4 is 11.5 Å². The van der Waals surface area contributed by atoms with Crippen LogP contribution in [0.25, 0.3) is 0 Å². The molecular formula is C13H20N2O2. The zero-order valence-electron chi connectivity index (χ0n) is 10.2. The van der Waals surface area contributed by atoms with Crippen molar-refractivity contribution in [3.05, 3.63) is 29.8 Å². The third-order valence-electron chi connectivity index (χ3n) is 3.38. The number of nitrogen functional groups attached to an aromatic ring is 1. The molecular weight excluding hydrogens is 216 g/mol. The lowest BCUT2D eigenvalue weighted by atomic mass is 9.78. The highest BCUT2D eigenvalue weighted by Crippen LogP contribution is 2.38. The number of rotatable bonds is 4. The van der Waals surface area contributed by atoms with Gasteiger partial charge in [0, 0.05) is 11.1 Å². The molecule has 1 atom stereocenters. The summed E-state index contributed by atoms with van der Waals surface area (Å²) in [5, 5.41) is 0. The van der Waals surface area contributed by atoms with Crippen LogP contribution in [0.5, 0.6) is 0 Å². The fourth-order valence-corrected chi connectivity index (χ4v) is 2.42. The van der Waals surface area contributed by atoms with Gasteiger partial charge in [-0.15, -0.1) is 0 Å². The van der Waals surface area contributed by atoms with E-state index in [9.17, 15) is 0 Å². The summed E-state index contributed by atoms with van der Waals surface area (Å²) >= 11 is 0. The Labute approximate surface area is 102 Å². The molecule has 94 valence electrons. The molecule has 0 aromatic heterocycles. The van der Waals surface area contributed by atoms with E-state index in [2.05, 4.69) is 6.92 Å². The van der Waals surface area contributed by atoms with E-state index in [-0.39, 0.29) is 11.7 Å². The summed E-state index contributed by atoms with van der Waals surface area (Å²) in [4.78, 5) is 0. The normalized spacial score (nSPS) is 20.4. The molecule has 1 heterocycles. The molecule has 1 aromatic rings. The molecule has 1 fully saturated rings. The molecule has 0 aliphatic carbocycles. The summed E-state index contributed by atoms with van der Waals surface area (Å²) in [5.74, 6) is 0. The molecule has 1 aliphatic heterocycles. The van der Waals surface area contributed by atoms with Gasteiger partial charge in [0.15, 0.2) is 6.29 Å². The second kappa shape index (κ2) is 5.04. The first kappa shape index (κ1) is 12.4. The molecule has 2 rings (SSSR count). The molecule has 0 spiro atoms. The Balaban J connectivity index is 2.36. The number of anilines is 1. The second-order valence-corrected chi connectivity index (χ2v) is 4.62. The fourth-order valence-electron chi connectivity index (χ4n) is 2.42. The van der Waals surface area contributed by atoms with E-state index < -0.39 is 0 Å². The first-order chi connectivity index (χ1) is 8.18. The molecule has 1 aliphatic rings. The summed E-state index contributed by atoms with van der Waals surface area (Å²) in [6, 6.07) is 7.84. The second-order valence-electron chi connectivity index (χ2n) is 4.62. The van der Waals surface area contributed by atoms with E-state index in [1.165, 1.54) is 0 Å². The van der Waals surface area contributed by atoms with Gasteiger partial charge >= 0.3 is 0 Å². The van der Waals surface area contributed by atoms with Gasteiger partial charge in [0.05, 0.1) is 13.2 Å².